The summed E-state index contributed by atoms with van der Waals surface area (Å²) in [5.74, 6) is -0.172. The number of rotatable bonds is 7. The van der Waals surface area contributed by atoms with Gasteiger partial charge in [-0.3, -0.25) is 14.9 Å². The van der Waals surface area contributed by atoms with Crippen LogP contribution in [0.4, 0.5) is 5.69 Å². The van der Waals surface area contributed by atoms with E-state index >= 15 is 0 Å². The Hall–Kier alpha value is -1.75. The number of Topliss-reactive ketones (excluding diaryl/α,β-unsaturated/α-hetero) is 1. The number of hydrogen-bond acceptors (Lipinski definition) is 4. The lowest BCUT2D eigenvalue weighted by molar-refractivity contribution is -0.385. The average molecular weight is 250 g/mol. The molecule has 18 heavy (non-hydrogen) atoms. The molecule has 0 amide bonds. The van der Waals surface area contributed by atoms with E-state index in [1.165, 1.54) is 12.1 Å². The van der Waals surface area contributed by atoms with Crippen LogP contribution in [-0.4, -0.2) is 35.2 Å². The maximum atomic E-state index is 12.0. The first kappa shape index (κ1) is 14.3. The van der Waals surface area contributed by atoms with Crippen LogP contribution < -0.4 is 0 Å². The first-order valence-electron chi connectivity index (χ1n) is 6.09. The number of carbonyl (C=O) groups excluding carboxylic acids is 1. The summed E-state index contributed by atoms with van der Waals surface area (Å²) in [6.07, 6.45) is 0.312. The molecule has 5 nitrogen and oxygen atoms in total. The Labute approximate surface area is 107 Å². The summed E-state index contributed by atoms with van der Waals surface area (Å²) in [5.41, 5.74) is 0.0942. The van der Waals surface area contributed by atoms with Gasteiger partial charge >= 0.3 is 0 Å². The molecule has 0 spiro atoms. The molecule has 1 aromatic rings. The zero-order valence-electron chi connectivity index (χ0n) is 10.8. The van der Waals surface area contributed by atoms with Crippen molar-refractivity contribution in [2.75, 3.05) is 19.6 Å². The van der Waals surface area contributed by atoms with E-state index in [0.717, 1.165) is 13.1 Å². The number of nitrogens with zero attached hydrogens (tertiary/aromatic N) is 2. The molecule has 0 bridgehead atoms. The molecular weight excluding hydrogens is 232 g/mol. The second kappa shape index (κ2) is 6.86. The zero-order chi connectivity index (χ0) is 13.5. The van der Waals surface area contributed by atoms with Gasteiger partial charge in [-0.05, 0) is 19.2 Å². The molecule has 0 aromatic heterocycles. The number of nitro benzene ring substituents is 1. The molecule has 0 heterocycles. The first-order chi connectivity index (χ1) is 8.60. The third-order valence-electron chi connectivity index (χ3n) is 2.95. The maximum Gasteiger partial charge on any atom is 0.280 e. The molecule has 0 radical (unpaired) electrons. The normalized spacial score (nSPS) is 10.6. The first-order valence-corrected chi connectivity index (χ1v) is 6.09. The van der Waals surface area contributed by atoms with Gasteiger partial charge in [-0.25, -0.2) is 0 Å². The summed E-state index contributed by atoms with van der Waals surface area (Å²) in [6.45, 7) is 6.44. The van der Waals surface area contributed by atoms with Crippen LogP contribution in [0.5, 0.6) is 0 Å². The smallest absolute Gasteiger partial charge is 0.280 e. The minimum absolute atomic E-state index is 0.109. The van der Waals surface area contributed by atoms with Crippen LogP contribution in [0.1, 0.15) is 30.6 Å². The van der Waals surface area contributed by atoms with Crippen molar-refractivity contribution in [3.8, 4) is 0 Å². The van der Waals surface area contributed by atoms with E-state index in [0.29, 0.717) is 13.0 Å². The lowest BCUT2D eigenvalue weighted by Crippen LogP contribution is -2.25. The average Bonchev–Trinajstić information content (AvgIpc) is 2.39. The summed E-state index contributed by atoms with van der Waals surface area (Å²) >= 11 is 0. The van der Waals surface area contributed by atoms with Crippen LogP contribution in [0.25, 0.3) is 0 Å². The highest BCUT2D eigenvalue weighted by Gasteiger charge is 2.19. The molecule has 0 aliphatic rings. The number of ketones is 1. The molecule has 0 unspecified atom stereocenters. The van der Waals surface area contributed by atoms with Crippen molar-refractivity contribution < 1.29 is 9.72 Å². The minimum Gasteiger partial charge on any atom is -0.303 e. The number of carbonyl (C=O) groups is 1. The van der Waals surface area contributed by atoms with Gasteiger partial charge in [0.25, 0.3) is 5.69 Å². The lowest BCUT2D eigenvalue weighted by atomic mass is 10.1. The van der Waals surface area contributed by atoms with Crippen LogP contribution in [0.2, 0.25) is 0 Å². The second-order valence-electron chi connectivity index (χ2n) is 3.97. The van der Waals surface area contributed by atoms with E-state index in [2.05, 4.69) is 4.90 Å². The molecule has 0 fully saturated rings. The van der Waals surface area contributed by atoms with E-state index in [-0.39, 0.29) is 17.0 Å². The van der Waals surface area contributed by atoms with Gasteiger partial charge < -0.3 is 4.90 Å². The van der Waals surface area contributed by atoms with Crippen molar-refractivity contribution in [2.24, 2.45) is 0 Å². The molecule has 98 valence electrons. The van der Waals surface area contributed by atoms with Crippen LogP contribution in [-0.2, 0) is 0 Å². The fourth-order valence-electron chi connectivity index (χ4n) is 1.80. The van der Waals surface area contributed by atoms with Crippen LogP contribution in [0.15, 0.2) is 24.3 Å². The number of benzene rings is 1. The van der Waals surface area contributed by atoms with Gasteiger partial charge in [-0.15, -0.1) is 0 Å². The molecule has 0 N–H and O–H groups in total. The third kappa shape index (κ3) is 3.63. The lowest BCUT2D eigenvalue weighted by Gasteiger charge is -2.16. The van der Waals surface area contributed by atoms with Gasteiger partial charge in [0.2, 0.25) is 0 Å². The summed E-state index contributed by atoms with van der Waals surface area (Å²) in [6, 6.07) is 6.10. The van der Waals surface area contributed by atoms with E-state index in [4.69, 9.17) is 0 Å². The second-order valence-corrected chi connectivity index (χ2v) is 3.97. The van der Waals surface area contributed by atoms with E-state index in [9.17, 15) is 14.9 Å². The summed E-state index contributed by atoms with van der Waals surface area (Å²) in [7, 11) is 0. The van der Waals surface area contributed by atoms with Crippen molar-refractivity contribution in [1.82, 2.24) is 4.90 Å². The number of hydrogen-bond donors (Lipinski definition) is 0. The Kier molecular flexibility index (Phi) is 5.45. The van der Waals surface area contributed by atoms with Gasteiger partial charge in [0.05, 0.1) is 10.5 Å². The number of para-hydroxylation sites is 1. The summed E-state index contributed by atoms with van der Waals surface area (Å²) in [4.78, 5) is 24.4. The molecular formula is C13H18N2O3. The highest BCUT2D eigenvalue weighted by atomic mass is 16.6. The fraction of sp³-hybridized carbons (Fsp3) is 0.462. The summed E-state index contributed by atoms with van der Waals surface area (Å²) in [5, 5.41) is 10.8. The predicted molar refractivity (Wildman–Crippen MR) is 69.8 cm³/mol. The van der Waals surface area contributed by atoms with Crippen LogP contribution in [0, 0.1) is 10.1 Å². The van der Waals surface area contributed by atoms with Crippen molar-refractivity contribution in [2.45, 2.75) is 20.3 Å². The van der Waals surface area contributed by atoms with Gasteiger partial charge in [0.1, 0.15) is 0 Å². The third-order valence-corrected chi connectivity index (χ3v) is 2.95. The van der Waals surface area contributed by atoms with Gasteiger partial charge in [-0.2, -0.15) is 0 Å². The van der Waals surface area contributed by atoms with E-state index in [1.54, 1.807) is 12.1 Å². The van der Waals surface area contributed by atoms with Crippen LogP contribution >= 0.6 is 0 Å². The zero-order valence-corrected chi connectivity index (χ0v) is 10.8. The van der Waals surface area contributed by atoms with Gasteiger partial charge in [-0.1, -0.05) is 26.0 Å². The van der Waals surface area contributed by atoms with E-state index < -0.39 is 4.92 Å². The molecule has 0 aliphatic heterocycles. The van der Waals surface area contributed by atoms with Crippen molar-refractivity contribution in [3.63, 3.8) is 0 Å². The Morgan fingerprint density at radius 3 is 2.44 bits per heavy atom. The Morgan fingerprint density at radius 1 is 1.28 bits per heavy atom. The van der Waals surface area contributed by atoms with Gasteiger partial charge in [0.15, 0.2) is 5.78 Å². The Balaban J connectivity index is 2.75. The molecule has 1 rings (SSSR count). The Morgan fingerprint density at radius 2 is 1.89 bits per heavy atom. The fourth-order valence-corrected chi connectivity index (χ4v) is 1.80. The minimum atomic E-state index is -0.509. The highest BCUT2D eigenvalue weighted by molar-refractivity contribution is 5.99. The molecule has 0 aliphatic carbocycles. The van der Waals surface area contributed by atoms with Crippen molar-refractivity contribution >= 4 is 11.5 Å². The Bertz CT molecular complexity index is 428. The van der Waals surface area contributed by atoms with Crippen LogP contribution in [0.3, 0.4) is 0 Å². The molecule has 1 aromatic carbocycles. The molecule has 0 saturated heterocycles. The predicted octanol–water partition coefficient (Wildman–Crippen LogP) is 2.51. The van der Waals surface area contributed by atoms with Crippen molar-refractivity contribution in [3.05, 3.63) is 39.9 Å². The standard InChI is InChI=1S/C13H18N2O3/c1-3-14(4-2)10-9-13(16)11-7-5-6-8-12(11)15(17)18/h5-8H,3-4,9-10H2,1-2H3. The molecule has 5 heteroatoms. The van der Waals surface area contributed by atoms with Gasteiger partial charge in [0, 0.05) is 19.0 Å². The highest BCUT2D eigenvalue weighted by Crippen LogP contribution is 2.19. The number of nitro groups is 1. The molecule has 0 saturated carbocycles. The topological polar surface area (TPSA) is 63.5 Å². The van der Waals surface area contributed by atoms with Crippen molar-refractivity contribution in [1.29, 1.82) is 0 Å². The quantitative estimate of drug-likeness (QED) is 0.424. The summed E-state index contributed by atoms with van der Waals surface area (Å²) < 4.78 is 0. The SMILES string of the molecule is CCN(CC)CCC(=O)c1ccccc1[N+](=O)[O-]. The maximum absolute atomic E-state index is 12.0. The van der Waals surface area contributed by atoms with E-state index in [1.807, 2.05) is 13.8 Å². The monoisotopic (exact) mass is 250 g/mol. The molecule has 0 atom stereocenters. The largest absolute Gasteiger partial charge is 0.303 e.